The fraction of sp³-hybridized carbons (Fsp3) is 0.0870. The maximum absolute atomic E-state index is 12.5. The Bertz CT molecular complexity index is 1250. The molecule has 1 amide bonds. The Kier molecular flexibility index (Phi) is 4.38. The van der Waals surface area contributed by atoms with Crippen molar-refractivity contribution in [1.82, 2.24) is 10.2 Å². The molecule has 1 aromatic heterocycles. The van der Waals surface area contributed by atoms with E-state index in [0.29, 0.717) is 16.9 Å². The highest BCUT2D eigenvalue weighted by atomic mass is 16.1. The summed E-state index contributed by atoms with van der Waals surface area (Å²) in [5, 5.41) is 19.9. The van der Waals surface area contributed by atoms with Crippen LogP contribution < -0.4 is 5.32 Å². The third kappa shape index (κ3) is 3.24. The van der Waals surface area contributed by atoms with E-state index in [2.05, 4.69) is 47.6 Å². The van der Waals surface area contributed by atoms with Crippen LogP contribution in [-0.4, -0.2) is 16.1 Å². The molecule has 0 unspecified atom stereocenters. The standard InChI is InChI=1S/C23H18N4O/c1-14-6-7-15(2)20(10-14)17-8-9-19-21(12-17)26-27-22(19)25-23(28)18-5-3-4-16(11-18)13-24/h3-12H,1-2H3,(H2,25,26,27,28). The highest BCUT2D eigenvalue weighted by Gasteiger charge is 2.13. The van der Waals surface area contributed by atoms with Gasteiger partial charge in [0, 0.05) is 10.9 Å². The molecule has 0 fully saturated rings. The molecule has 0 bridgehead atoms. The highest BCUT2D eigenvalue weighted by molar-refractivity contribution is 6.08. The van der Waals surface area contributed by atoms with Crippen LogP contribution in [0.1, 0.15) is 27.0 Å². The number of fused-ring (bicyclic) bond motifs is 1. The Morgan fingerprint density at radius 2 is 1.93 bits per heavy atom. The van der Waals surface area contributed by atoms with Crippen LogP contribution in [0.25, 0.3) is 22.0 Å². The number of rotatable bonds is 3. The number of nitrogens with one attached hydrogen (secondary N) is 2. The number of nitrogens with zero attached hydrogens (tertiary/aromatic N) is 2. The van der Waals surface area contributed by atoms with E-state index in [1.807, 2.05) is 24.3 Å². The van der Waals surface area contributed by atoms with Crippen LogP contribution in [0.15, 0.2) is 60.7 Å². The lowest BCUT2D eigenvalue weighted by atomic mass is 9.98. The van der Waals surface area contributed by atoms with Gasteiger partial charge in [0.2, 0.25) is 0 Å². The van der Waals surface area contributed by atoms with Crippen LogP contribution in [-0.2, 0) is 0 Å². The summed E-state index contributed by atoms with van der Waals surface area (Å²) in [7, 11) is 0. The zero-order valence-electron chi connectivity index (χ0n) is 15.6. The number of nitriles is 1. The molecular weight excluding hydrogens is 348 g/mol. The molecule has 1 heterocycles. The van der Waals surface area contributed by atoms with Crippen LogP contribution in [0, 0.1) is 25.2 Å². The van der Waals surface area contributed by atoms with Crippen molar-refractivity contribution in [3.8, 4) is 17.2 Å². The lowest BCUT2D eigenvalue weighted by molar-refractivity contribution is 0.102. The number of hydrogen-bond acceptors (Lipinski definition) is 3. The number of aromatic nitrogens is 2. The summed E-state index contributed by atoms with van der Waals surface area (Å²) in [5.41, 5.74) is 6.39. The minimum atomic E-state index is -0.302. The van der Waals surface area contributed by atoms with Crippen molar-refractivity contribution in [2.75, 3.05) is 5.32 Å². The molecule has 4 rings (SSSR count). The molecule has 5 nitrogen and oxygen atoms in total. The summed E-state index contributed by atoms with van der Waals surface area (Å²) >= 11 is 0. The monoisotopic (exact) mass is 366 g/mol. The molecule has 4 aromatic rings. The minimum absolute atomic E-state index is 0.302. The number of aryl methyl sites for hydroxylation is 2. The Labute approximate surface area is 162 Å². The molecule has 0 spiro atoms. The molecule has 3 aromatic carbocycles. The molecular formula is C23H18N4O. The minimum Gasteiger partial charge on any atom is -0.305 e. The number of amides is 1. The summed E-state index contributed by atoms with van der Waals surface area (Å²) in [4.78, 5) is 12.5. The molecule has 0 atom stereocenters. The van der Waals surface area contributed by atoms with Crippen LogP contribution in [0.4, 0.5) is 5.82 Å². The predicted molar refractivity (Wildman–Crippen MR) is 110 cm³/mol. The fourth-order valence-electron chi connectivity index (χ4n) is 3.24. The number of aromatic amines is 1. The zero-order chi connectivity index (χ0) is 19.7. The van der Waals surface area contributed by atoms with Gasteiger partial charge in [0.15, 0.2) is 5.82 Å². The second-order valence-corrected chi connectivity index (χ2v) is 6.80. The van der Waals surface area contributed by atoms with Crippen molar-refractivity contribution < 1.29 is 4.79 Å². The van der Waals surface area contributed by atoms with Crippen LogP contribution in [0.2, 0.25) is 0 Å². The van der Waals surface area contributed by atoms with Crippen molar-refractivity contribution in [1.29, 1.82) is 5.26 Å². The summed E-state index contributed by atoms with van der Waals surface area (Å²) in [6, 6.07) is 21.0. The van der Waals surface area contributed by atoms with Gasteiger partial charge in [0.25, 0.3) is 5.91 Å². The fourth-order valence-corrected chi connectivity index (χ4v) is 3.24. The lowest BCUT2D eigenvalue weighted by Crippen LogP contribution is -2.12. The van der Waals surface area contributed by atoms with Crippen molar-refractivity contribution >= 4 is 22.6 Å². The molecule has 136 valence electrons. The van der Waals surface area contributed by atoms with Gasteiger partial charge >= 0.3 is 0 Å². The third-order valence-electron chi connectivity index (χ3n) is 4.75. The van der Waals surface area contributed by atoms with Gasteiger partial charge in [-0.15, -0.1) is 0 Å². The average molecular weight is 366 g/mol. The van der Waals surface area contributed by atoms with Gasteiger partial charge in [0.05, 0.1) is 17.1 Å². The van der Waals surface area contributed by atoms with E-state index in [9.17, 15) is 4.79 Å². The average Bonchev–Trinajstić information content (AvgIpc) is 3.11. The smallest absolute Gasteiger partial charge is 0.256 e. The largest absolute Gasteiger partial charge is 0.305 e. The van der Waals surface area contributed by atoms with E-state index < -0.39 is 0 Å². The Balaban J connectivity index is 1.66. The topological polar surface area (TPSA) is 81.6 Å². The van der Waals surface area contributed by atoms with Crippen LogP contribution in [0.3, 0.4) is 0 Å². The van der Waals surface area contributed by atoms with E-state index in [0.717, 1.165) is 16.5 Å². The maximum atomic E-state index is 12.5. The van der Waals surface area contributed by atoms with E-state index in [1.54, 1.807) is 24.3 Å². The lowest BCUT2D eigenvalue weighted by Gasteiger charge is -2.08. The van der Waals surface area contributed by atoms with Gasteiger partial charge in [-0.05, 0) is 60.9 Å². The summed E-state index contributed by atoms with van der Waals surface area (Å²) in [6.07, 6.45) is 0. The zero-order valence-corrected chi connectivity index (χ0v) is 15.6. The predicted octanol–water partition coefficient (Wildman–Crippen LogP) is 4.97. The molecule has 5 heteroatoms. The van der Waals surface area contributed by atoms with Crippen molar-refractivity contribution in [2.24, 2.45) is 0 Å². The van der Waals surface area contributed by atoms with Gasteiger partial charge in [-0.25, -0.2) is 0 Å². The first kappa shape index (κ1) is 17.5. The van der Waals surface area contributed by atoms with Crippen molar-refractivity contribution in [2.45, 2.75) is 13.8 Å². The molecule has 0 radical (unpaired) electrons. The molecule has 28 heavy (non-hydrogen) atoms. The molecule has 0 aliphatic carbocycles. The molecule has 0 aliphatic heterocycles. The third-order valence-corrected chi connectivity index (χ3v) is 4.75. The van der Waals surface area contributed by atoms with Gasteiger partial charge in [-0.3, -0.25) is 9.89 Å². The SMILES string of the molecule is Cc1ccc(C)c(-c2ccc3c(NC(=O)c4cccc(C#N)c4)n[nH]c3c2)c1. The second kappa shape index (κ2) is 7.01. The summed E-state index contributed by atoms with van der Waals surface area (Å²) < 4.78 is 0. The molecule has 0 saturated carbocycles. The van der Waals surface area contributed by atoms with Gasteiger partial charge in [-0.2, -0.15) is 10.4 Å². The van der Waals surface area contributed by atoms with Crippen molar-refractivity contribution in [3.63, 3.8) is 0 Å². The van der Waals surface area contributed by atoms with Gasteiger partial charge in [-0.1, -0.05) is 35.9 Å². The Morgan fingerprint density at radius 1 is 1.07 bits per heavy atom. The van der Waals surface area contributed by atoms with Crippen LogP contribution >= 0.6 is 0 Å². The number of carbonyl (C=O) groups excluding carboxylic acids is 1. The highest BCUT2D eigenvalue weighted by Crippen LogP contribution is 2.29. The first-order valence-electron chi connectivity index (χ1n) is 8.92. The normalized spacial score (nSPS) is 10.6. The number of carbonyl (C=O) groups is 1. The van der Waals surface area contributed by atoms with Gasteiger partial charge in [0.1, 0.15) is 0 Å². The Morgan fingerprint density at radius 3 is 2.75 bits per heavy atom. The van der Waals surface area contributed by atoms with Crippen LogP contribution in [0.5, 0.6) is 0 Å². The maximum Gasteiger partial charge on any atom is 0.256 e. The molecule has 0 aliphatic rings. The first-order chi connectivity index (χ1) is 13.5. The van der Waals surface area contributed by atoms with E-state index >= 15 is 0 Å². The first-order valence-corrected chi connectivity index (χ1v) is 8.92. The van der Waals surface area contributed by atoms with Gasteiger partial charge < -0.3 is 5.32 Å². The molecule has 2 N–H and O–H groups in total. The summed E-state index contributed by atoms with van der Waals surface area (Å²) in [5.74, 6) is 0.166. The number of H-pyrrole nitrogens is 1. The van der Waals surface area contributed by atoms with E-state index in [-0.39, 0.29) is 5.91 Å². The van der Waals surface area contributed by atoms with E-state index in [1.165, 1.54) is 16.7 Å². The second-order valence-electron chi connectivity index (χ2n) is 6.80. The number of benzene rings is 3. The number of hydrogen-bond donors (Lipinski definition) is 2. The quantitative estimate of drug-likeness (QED) is 0.537. The Hall–Kier alpha value is -3.91. The number of anilines is 1. The van der Waals surface area contributed by atoms with Crippen molar-refractivity contribution in [3.05, 3.63) is 82.9 Å². The summed E-state index contributed by atoms with van der Waals surface area (Å²) in [6.45, 7) is 4.17. The molecule has 0 saturated heterocycles. The van der Waals surface area contributed by atoms with E-state index in [4.69, 9.17) is 5.26 Å².